The predicted octanol–water partition coefficient (Wildman–Crippen LogP) is 5.03. The van der Waals surface area contributed by atoms with Gasteiger partial charge >= 0.3 is 0 Å². The molecule has 184 valence electrons. The fourth-order valence-corrected chi connectivity index (χ4v) is 4.51. The van der Waals surface area contributed by atoms with Crippen LogP contribution in [0, 0.1) is 6.92 Å². The van der Waals surface area contributed by atoms with E-state index in [1.165, 1.54) is 4.68 Å². The molecule has 1 amide bonds. The van der Waals surface area contributed by atoms with Crippen LogP contribution in [0.1, 0.15) is 41.0 Å². The molecule has 0 radical (unpaired) electrons. The lowest BCUT2D eigenvalue weighted by Gasteiger charge is -2.18. The van der Waals surface area contributed by atoms with Crippen molar-refractivity contribution in [3.63, 3.8) is 0 Å². The zero-order valence-electron chi connectivity index (χ0n) is 20.9. The minimum atomic E-state index is -0.343. The molecule has 5 rings (SSSR count). The van der Waals surface area contributed by atoms with Crippen LogP contribution in [0.5, 0.6) is 11.5 Å². The van der Waals surface area contributed by atoms with Crippen molar-refractivity contribution in [2.24, 2.45) is 7.05 Å². The van der Waals surface area contributed by atoms with Gasteiger partial charge in [0.1, 0.15) is 17.9 Å². The highest BCUT2D eigenvalue weighted by atomic mass is 16.5. The van der Waals surface area contributed by atoms with Gasteiger partial charge in [0.05, 0.1) is 11.4 Å². The number of fused-ring (bicyclic) bond motifs is 1. The first-order valence-corrected chi connectivity index (χ1v) is 11.9. The summed E-state index contributed by atoms with van der Waals surface area (Å²) in [6.45, 7) is 6.28. The van der Waals surface area contributed by atoms with E-state index in [-0.39, 0.29) is 22.8 Å². The van der Waals surface area contributed by atoms with E-state index < -0.39 is 0 Å². The molecule has 0 unspecified atom stereocenters. The second-order valence-corrected chi connectivity index (χ2v) is 9.66. The molecule has 1 N–H and O–H groups in total. The Morgan fingerprint density at radius 1 is 1.03 bits per heavy atom. The molecule has 0 saturated carbocycles. The molecular weight excluding hydrogens is 454 g/mol. The zero-order valence-corrected chi connectivity index (χ0v) is 20.9. The van der Waals surface area contributed by atoms with E-state index in [1.54, 1.807) is 23.9 Å². The summed E-state index contributed by atoms with van der Waals surface area (Å²) in [5.74, 6) is 1.18. The largest absolute Gasteiger partial charge is 0.485 e. The molecule has 7 nitrogen and oxygen atoms in total. The lowest BCUT2D eigenvalue weighted by Crippen LogP contribution is -2.24. The Kier molecular flexibility index (Phi) is 5.92. The van der Waals surface area contributed by atoms with Crippen LogP contribution in [0.4, 0.5) is 5.69 Å². The van der Waals surface area contributed by atoms with E-state index in [9.17, 15) is 9.59 Å². The Morgan fingerprint density at radius 3 is 2.47 bits per heavy atom. The molecule has 2 heterocycles. The van der Waals surface area contributed by atoms with Crippen molar-refractivity contribution < 1.29 is 14.3 Å². The number of carbonyl (C=O) groups is 1. The molecule has 36 heavy (non-hydrogen) atoms. The summed E-state index contributed by atoms with van der Waals surface area (Å²) in [6.07, 6.45) is 0.848. The van der Waals surface area contributed by atoms with Crippen molar-refractivity contribution in [2.75, 3.05) is 5.32 Å². The molecule has 3 aromatic carbocycles. The van der Waals surface area contributed by atoms with Crippen LogP contribution in [-0.4, -0.2) is 20.9 Å². The molecule has 0 aliphatic carbocycles. The van der Waals surface area contributed by atoms with E-state index in [1.807, 2.05) is 61.5 Å². The first-order chi connectivity index (χ1) is 17.2. The van der Waals surface area contributed by atoms with Crippen molar-refractivity contribution in [1.29, 1.82) is 0 Å². The van der Waals surface area contributed by atoms with Gasteiger partial charge in [-0.1, -0.05) is 42.5 Å². The van der Waals surface area contributed by atoms with E-state index >= 15 is 0 Å². The second-order valence-electron chi connectivity index (χ2n) is 9.66. The average Bonchev–Trinajstić information content (AvgIpc) is 3.30. The van der Waals surface area contributed by atoms with Crippen LogP contribution in [0.2, 0.25) is 0 Å². The number of nitrogens with one attached hydrogen (secondary N) is 1. The van der Waals surface area contributed by atoms with Crippen molar-refractivity contribution in [2.45, 2.75) is 39.4 Å². The lowest BCUT2D eigenvalue weighted by atomic mass is 10.0. The Hall–Kier alpha value is -4.26. The van der Waals surface area contributed by atoms with E-state index in [0.717, 1.165) is 29.0 Å². The Morgan fingerprint density at radius 2 is 1.75 bits per heavy atom. The van der Waals surface area contributed by atoms with Gasteiger partial charge in [-0.25, -0.2) is 4.68 Å². The first kappa shape index (κ1) is 23.5. The fourth-order valence-electron chi connectivity index (χ4n) is 4.51. The summed E-state index contributed by atoms with van der Waals surface area (Å²) in [4.78, 5) is 26.0. The molecule has 0 saturated heterocycles. The predicted molar refractivity (Wildman–Crippen MR) is 139 cm³/mol. The van der Waals surface area contributed by atoms with Gasteiger partial charge in [0.15, 0.2) is 11.5 Å². The van der Waals surface area contributed by atoms with Gasteiger partial charge in [0, 0.05) is 24.6 Å². The quantitative estimate of drug-likeness (QED) is 0.418. The zero-order chi connectivity index (χ0) is 25.4. The number of rotatable bonds is 6. The highest BCUT2D eigenvalue weighted by molar-refractivity contribution is 6.04. The number of aromatic nitrogens is 2. The van der Waals surface area contributed by atoms with Crippen molar-refractivity contribution in [3.8, 4) is 17.2 Å². The smallest absolute Gasteiger partial charge is 0.295 e. The van der Waals surface area contributed by atoms with E-state index in [0.29, 0.717) is 23.6 Å². The van der Waals surface area contributed by atoms with Gasteiger partial charge in [-0.15, -0.1) is 0 Å². The van der Waals surface area contributed by atoms with Gasteiger partial charge in [0.25, 0.3) is 11.5 Å². The maximum Gasteiger partial charge on any atom is 0.295 e. The molecular formula is C29H29N3O4. The lowest BCUT2D eigenvalue weighted by molar-refractivity contribution is 0.102. The number of anilines is 1. The number of benzene rings is 3. The number of amides is 1. The molecule has 4 aromatic rings. The molecule has 1 aliphatic heterocycles. The summed E-state index contributed by atoms with van der Waals surface area (Å²) in [7, 11) is 1.79. The minimum Gasteiger partial charge on any atom is -0.485 e. The number of nitrogens with zero attached hydrogens (tertiary/aromatic N) is 2. The van der Waals surface area contributed by atoms with E-state index in [2.05, 4.69) is 25.2 Å². The summed E-state index contributed by atoms with van der Waals surface area (Å²) >= 11 is 0. The average molecular weight is 484 g/mol. The molecule has 0 fully saturated rings. The summed E-state index contributed by atoms with van der Waals surface area (Å²) < 4.78 is 15.4. The highest BCUT2D eigenvalue weighted by Gasteiger charge is 2.32. The number of carbonyl (C=O) groups excluding carboxylic acids is 1. The minimum absolute atomic E-state index is 0.238. The Balaban J connectivity index is 1.28. The summed E-state index contributed by atoms with van der Waals surface area (Å²) in [5.41, 5.74) is 3.67. The van der Waals surface area contributed by atoms with Crippen LogP contribution in [0.15, 0.2) is 77.6 Å². The molecule has 1 aromatic heterocycles. The molecule has 1 aliphatic rings. The van der Waals surface area contributed by atoms with Crippen molar-refractivity contribution >= 4 is 11.6 Å². The maximum absolute atomic E-state index is 13.1. The SMILES string of the molecule is Cc1c(NC(=O)c2ccc(COc3cccc4c3OC(C)(C)C4)cc2)c(=O)n(-c2ccccc2)n1C. The molecule has 0 spiro atoms. The topological polar surface area (TPSA) is 74.5 Å². The summed E-state index contributed by atoms with van der Waals surface area (Å²) in [6, 6.07) is 22.4. The summed E-state index contributed by atoms with van der Waals surface area (Å²) in [5, 5.41) is 2.80. The third-order valence-electron chi connectivity index (χ3n) is 6.46. The van der Waals surface area contributed by atoms with Crippen molar-refractivity contribution in [3.05, 3.63) is 106 Å². The van der Waals surface area contributed by atoms with Crippen LogP contribution in [0.3, 0.4) is 0 Å². The van der Waals surface area contributed by atoms with Crippen molar-refractivity contribution in [1.82, 2.24) is 9.36 Å². The third kappa shape index (κ3) is 4.40. The molecule has 7 heteroatoms. The second kappa shape index (κ2) is 9.07. The number of hydrogen-bond acceptors (Lipinski definition) is 4. The third-order valence-corrected chi connectivity index (χ3v) is 6.46. The standard InChI is InChI=1S/C29H29N3O4/c1-19-25(28(34)32(31(19)4)23-10-6-5-7-11-23)30-27(33)21-15-13-20(14-16-21)18-35-24-12-8-9-22-17-29(2,3)36-26(22)24/h5-16H,17-18H2,1-4H3,(H,30,33). The maximum atomic E-state index is 13.1. The van der Waals surface area contributed by atoms with Crippen LogP contribution in [-0.2, 0) is 20.1 Å². The monoisotopic (exact) mass is 483 g/mol. The Bertz CT molecular complexity index is 1480. The fraction of sp³-hybridized carbons (Fsp3) is 0.241. The normalized spacial score (nSPS) is 13.7. The van der Waals surface area contributed by atoms with Gasteiger partial charge in [-0.3, -0.25) is 14.3 Å². The number of ether oxygens (including phenoxy) is 2. The van der Waals surface area contributed by atoms with Crippen LogP contribution >= 0.6 is 0 Å². The van der Waals surface area contributed by atoms with Gasteiger partial charge < -0.3 is 14.8 Å². The Labute approximate surface area is 209 Å². The molecule has 0 bridgehead atoms. The van der Waals surface area contributed by atoms with Crippen LogP contribution in [0.25, 0.3) is 5.69 Å². The van der Waals surface area contributed by atoms with Crippen LogP contribution < -0.4 is 20.3 Å². The van der Waals surface area contributed by atoms with Gasteiger partial charge in [-0.05, 0) is 56.7 Å². The first-order valence-electron chi connectivity index (χ1n) is 11.9. The number of para-hydroxylation sites is 2. The van der Waals surface area contributed by atoms with Gasteiger partial charge in [-0.2, -0.15) is 0 Å². The van der Waals surface area contributed by atoms with Gasteiger partial charge in [0.2, 0.25) is 0 Å². The highest BCUT2D eigenvalue weighted by Crippen LogP contribution is 2.42. The molecule has 0 atom stereocenters. The number of hydrogen-bond donors (Lipinski definition) is 1. The van der Waals surface area contributed by atoms with E-state index in [4.69, 9.17) is 9.47 Å².